The fraction of sp³-hybridized carbons (Fsp3) is 0.769. The molecule has 2 atom stereocenters. The molecule has 7 nitrogen and oxygen atoms in total. The standard InChI is InChI=1S/C13H21N3O4S2/c1-3-9(2)14-11(17)7-21-13-16-15-12(20-13)6-10-4-5-22(18,19)8-10/h9-10H,3-8H2,1-2H3,(H,14,17)/t9-,10+/m1/s1. The van der Waals surface area contributed by atoms with E-state index in [9.17, 15) is 13.2 Å². The zero-order valence-corrected chi connectivity index (χ0v) is 14.4. The summed E-state index contributed by atoms with van der Waals surface area (Å²) in [6.07, 6.45) is 2.00. The third-order valence-electron chi connectivity index (χ3n) is 3.58. The number of rotatable bonds is 7. The average Bonchev–Trinajstić information content (AvgIpc) is 3.03. The SMILES string of the molecule is CC[C@@H](C)NC(=O)CSc1nnc(C[C@@H]2CCS(=O)(=O)C2)o1. The molecule has 1 fully saturated rings. The molecule has 0 saturated carbocycles. The molecule has 0 aliphatic carbocycles. The second-order valence-corrected chi connectivity index (χ2v) is 8.76. The van der Waals surface area contributed by atoms with Crippen LogP contribution in [0.25, 0.3) is 0 Å². The lowest BCUT2D eigenvalue weighted by Gasteiger charge is -2.09. The summed E-state index contributed by atoms with van der Waals surface area (Å²) in [7, 11) is -2.89. The lowest BCUT2D eigenvalue weighted by molar-refractivity contribution is -0.119. The quantitative estimate of drug-likeness (QED) is 0.736. The van der Waals surface area contributed by atoms with E-state index in [1.807, 2.05) is 13.8 Å². The van der Waals surface area contributed by atoms with Crippen LogP contribution in [0, 0.1) is 5.92 Å². The van der Waals surface area contributed by atoms with Gasteiger partial charge in [-0.2, -0.15) is 0 Å². The molecular formula is C13H21N3O4S2. The number of amides is 1. The van der Waals surface area contributed by atoms with Gasteiger partial charge in [0.25, 0.3) is 5.22 Å². The minimum Gasteiger partial charge on any atom is -0.416 e. The minimum absolute atomic E-state index is 0.0528. The molecule has 1 aliphatic heterocycles. The second-order valence-electron chi connectivity index (χ2n) is 5.60. The van der Waals surface area contributed by atoms with Crippen LogP contribution >= 0.6 is 11.8 Å². The Morgan fingerprint density at radius 1 is 1.50 bits per heavy atom. The molecule has 0 unspecified atom stereocenters. The van der Waals surface area contributed by atoms with Crippen molar-refractivity contribution < 1.29 is 17.6 Å². The molecule has 0 aromatic carbocycles. The van der Waals surface area contributed by atoms with Crippen molar-refractivity contribution in [1.29, 1.82) is 0 Å². The number of hydrogen-bond donors (Lipinski definition) is 1. The van der Waals surface area contributed by atoms with Gasteiger partial charge in [-0.1, -0.05) is 18.7 Å². The molecular weight excluding hydrogens is 326 g/mol. The minimum atomic E-state index is -2.89. The summed E-state index contributed by atoms with van der Waals surface area (Å²) < 4.78 is 28.3. The van der Waals surface area contributed by atoms with Crippen molar-refractivity contribution in [2.45, 2.75) is 44.4 Å². The Bertz CT molecular complexity index is 615. The summed E-state index contributed by atoms with van der Waals surface area (Å²) in [4.78, 5) is 11.7. The van der Waals surface area contributed by atoms with Gasteiger partial charge in [-0.3, -0.25) is 4.79 Å². The van der Waals surface area contributed by atoms with Gasteiger partial charge in [0.15, 0.2) is 9.84 Å². The molecule has 1 aliphatic rings. The first-order valence-corrected chi connectivity index (χ1v) is 10.1. The van der Waals surface area contributed by atoms with Crippen LogP contribution in [-0.2, 0) is 21.1 Å². The molecule has 1 aromatic rings. The Morgan fingerprint density at radius 3 is 2.91 bits per heavy atom. The van der Waals surface area contributed by atoms with Gasteiger partial charge in [-0.15, -0.1) is 10.2 Å². The highest BCUT2D eigenvalue weighted by Gasteiger charge is 2.29. The lowest BCUT2D eigenvalue weighted by atomic mass is 10.1. The maximum atomic E-state index is 11.7. The third-order valence-corrected chi connectivity index (χ3v) is 6.24. The molecule has 9 heteroatoms. The molecule has 1 saturated heterocycles. The van der Waals surface area contributed by atoms with Crippen molar-refractivity contribution in [2.24, 2.45) is 5.92 Å². The summed E-state index contributed by atoms with van der Waals surface area (Å²) >= 11 is 1.19. The van der Waals surface area contributed by atoms with E-state index in [0.29, 0.717) is 24.0 Å². The summed E-state index contributed by atoms with van der Waals surface area (Å²) in [6, 6.07) is 0.149. The first-order valence-electron chi connectivity index (χ1n) is 7.33. The van der Waals surface area contributed by atoms with Gasteiger partial charge in [0, 0.05) is 12.5 Å². The third kappa shape index (κ3) is 5.28. The topological polar surface area (TPSA) is 102 Å². The van der Waals surface area contributed by atoms with Crippen LogP contribution in [0.5, 0.6) is 0 Å². The maximum Gasteiger partial charge on any atom is 0.277 e. The monoisotopic (exact) mass is 347 g/mol. The van der Waals surface area contributed by atoms with Crippen molar-refractivity contribution in [3.63, 3.8) is 0 Å². The summed E-state index contributed by atoms with van der Waals surface area (Å²) in [5.41, 5.74) is 0. The normalized spacial score (nSPS) is 21.6. The Hall–Kier alpha value is -1.09. The highest BCUT2D eigenvalue weighted by molar-refractivity contribution is 7.99. The molecule has 0 bridgehead atoms. The van der Waals surface area contributed by atoms with Gasteiger partial charge < -0.3 is 9.73 Å². The predicted octanol–water partition coefficient (Wildman–Crippen LogP) is 1.05. The first-order chi connectivity index (χ1) is 10.4. The lowest BCUT2D eigenvalue weighted by Crippen LogP contribution is -2.33. The van der Waals surface area contributed by atoms with E-state index < -0.39 is 9.84 Å². The van der Waals surface area contributed by atoms with E-state index in [1.54, 1.807) is 0 Å². The zero-order valence-electron chi connectivity index (χ0n) is 12.7. The van der Waals surface area contributed by atoms with Crippen molar-refractivity contribution in [3.8, 4) is 0 Å². The number of nitrogens with zero attached hydrogens (tertiary/aromatic N) is 2. The van der Waals surface area contributed by atoms with Gasteiger partial charge in [-0.25, -0.2) is 8.42 Å². The number of carbonyl (C=O) groups excluding carboxylic acids is 1. The van der Waals surface area contributed by atoms with Gasteiger partial charge >= 0.3 is 0 Å². The number of sulfone groups is 1. The molecule has 1 aromatic heterocycles. The van der Waals surface area contributed by atoms with Crippen molar-refractivity contribution in [2.75, 3.05) is 17.3 Å². The van der Waals surface area contributed by atoms with Crippen LogP contribution in [0.2, 0.25) is 0 Å². The van der Waals surface area contributed by atoms with Gasteiger partial charge in [0.05, 0.1) is 17.3 Å². The second kappa shape index (κ2) is 7.45. The van der Waals surface area contributed by atoms with Crippen LogP contribution in [-0.4, -0.2) is 47.8 Å². The van der Waals surface area contributed by atoms with E-state index in [0.717, 1.165) is 6.42 Å². The number of hydrogen-bond acceptors (Lipinski definition) is 7. The van der Waals surface area contributed by atoms with Gasteiger partial charge in [0.2, 0.25) is 11.8 Å². The predicted molar refractivity (Wildman–Crippen MR) is 83.4 cm³/mol. The fourth-order valence-electron chi connectivity index (χ4n) is 2.20. The van der Waals surface area contributed by atoms with Gasteiger partial charge in [-0.05, 0) is 25.7 Å². The van der Waals surface area contributed by atoms with Crippen LogP contribution in [0.1, 0.15) is 32.6 Å². The Morgan fingerprint density at radius 2 is 2.27 bits per heavy atom. The molecule has 0 radical (unpaired) electrons. The zero-order chi connectivity index (χ0) is 16.2. The molecule has 0 spiro atoms. The van der Waals surface area contributed by atoms with Crippen LogP contribution < -0.4 is 5.32 Å². The number of nitrogens with one attached hydrogen (secondary N) is 1. The molecule has 1 amide bonds. The number of carbonyl (C=O) groups is 1. The molecule has 22 heavy (non-hydrogen) atoms. The summed E-state index contributed by atoms with van der Waals surface area (Å²) in [5.74, 6) is 1.08. The van der Waals surface area contributed by atoms with E-state index in [1.165, 1.54) is 11.8 Å². The smallest absolute Gasteiger partial charge is 0.277 e. The number of thioether (sulfide) groups is 1. The van der Waals surface area contributed by atoms with Crippen molar-refractivity contribution >= 4 is 27.5 Å². The van der Waals surface area contributed by atoms with E-state index in [4.69, 9.17) is 4.42 Å². The fourth-order valence-corrected chi connectivity index (χ4v) is 4.66. The summed E-state index contributed by atoms with van der Waals surface area (Å²) in [5, 5.41) is 11.0. The molecule has 124 valence electrons. The van der Waals surface area contributed by atoms with Crippen molar-refractivity contribution in [3.05, 3.63) is 5.89 Å². The van der Waals surface area contributed by atoms with Crippen LogP contribution in [0.3, 0.4) is 0 Å². The summed E-state index contributed by atoms with van der Waals surface area (Å²) in [6.45, 7) is 3.95. The highest BCUT2D eigenvalue weighted by Crippen LogP contribution is 2.23. The van der Waals surface area contributed by atoms with Crippen LogP contribution in [0.15, 0.2) is 9.64 Å². The Kier molecular flexibility index (Phi) is 5.85. The maximum absolute atomic E-state index is 11.7. The van der Waals surface area contributed by atoms with E-state index in [-0.39, 0.29) is 35.1 Å². The van der Waals surface area contributed by atoms with Crippen molar-refractivity contribution in [1.82, 2.24) is 15.5 Å². The number of aromatic nitrogens is 2. The Labute approximate surface area is 134 Å². The average molecular weight is 347 g/mol. The molecule has 2 heterocycles. The molecule has 1 N–H and O–H groups in total. The largest absolute Gasteiger partial charge is 0.416 e. The Balaban J connectivity index is 1.78. The van der Waals surface area contributed by atoms with E-state index >= 15 is 0 Å². The van der Waals surface area contributed by atoms with Gasteiger partial charge in [0.1, 0.15) is 0 Å². The van der Waals surface area contributed by atoms with E-state index in [2.05, 4.69) is 15.5 Å². The first kappa shape index (κ1) is 17.3. The molecule has 2 rings (SSSR count). The highest BCUT2D eigenvalue weighted by atomic mass is 32.2. The van der Waals surface area contributed by atoms with Crippen LogP contribution in [0.4, 0.5) is 0 Å².